The number of hydrogen-bond donors (Lipinski definition) is 2. The molecule has 0 amide bonds. The molecule has 0 aliphatic heterocycles. The average molecular weight is 571 g/mol. The second kappa shape index (κ2) is 18.6. The molecule has 0 unspecified atom stereocenters. The number of aliphatic hydroxyl groups is 2. The van der Waals surface area contributed by atoms with Crippen molar-refractivity contribution in [1.29, 1.82) is 0 Å². The van der Waals surface area contributed by atoms with Gasteiger partial charge in [-0.3, -0.25) is 0 Å². The van der Waals surface area contributed by atoms with E-state index in [4.69, 9.17) is 0 Å². The lowest BCUT2D eigenvalue weighted by Crippen LogP contribution is -2.39. The Kier molecular flexibility index (Phi) is 16.4. The molecular weight excluding hydrogens is 512 g/mol. The first kappa shape index (κ1) is 37.1. The first-order valence-electron chi connectivity index (χ1n) is 15.4. The van der Waals surface area contributed by atoms with Gasteiger partial charge in [-0.15, -0.1) is 0 Å². The lowest BCUT2D eigenvalue weighted by atomic mass is 9.78. The molecule has 42 heavy (non-hydrogen) atoms. The second-order valence-electron chi connectivity index (χ2n) is 13.0. The fourth-order valence-electron chi connectivity index (χ4n) is 4.99. The van der Waals surface area contributed by atoms with Crippen LogP contribution >= 0.6 is 0 Å². The maximum Gasteiger partial charge on any atom is 0.0686 e. The molecule has 2 nitrogen and oxygen atoms in total. The fraction of sp³-hybridized carbons (Fsp3) is 0.450. The molecule has 2 heteroatoms. The van der Waals surface area contributed by atoms with Crippen LogP contribution in [0.25, 0.3) is 0 Å². The molecule has 1 aliphatic carbocycles. The zero-order valence-corrected chi connectivity index (χ0v) is 28.1. The van der Waals surface area contributed by atoms with E-state index < -0.39 is 11.2 Å². The summed E-state index contributed by atoms with van der Waals surface area (Å²) >= 11 is 0. The summed E-state index contributed by atoms with van der Waals surface area (Å²) in [7, 11) is 0. The third-order valence-corrected chi connectivity index (χ3v) is 7.68. The van der Waals surface area contributed by atoms with Crippen LogP contribution in [0.1, 0.15) is 94.9 Å². The standard InChI is InChI=1S/C40H58O2/c1-31(2)17-13-20-34(5)23-15-25-35(6)24-14-21-32(3)18-11-12-19-33(4)22-16-26-36(7)27-28-38-37(39(8,9)41)29-30-40(38,10)42/h11-12,14-19,21-28,37-38,41-42H,13,20,29-30H2,1-10H3/t37-,38+,40+/m0/s1. The molecule has 1 rings (SSSR count). The quantitative estimate of drug-likeness (QED) is 0.161. The minimum Gasteiger partial charge on any atom is -0.390 e. The van der Waals surface area contributed by atoms with Gasteiger partial charge < -0.3 is 10.2 Å². The van der Waals surface area contributed by atoms with Gasteiger partial charge >= 0.3 is 0 Å². The molecule has 230 valence electrons. The highest BCUT2D eigenvalue weighted by Crippen LogP contribution is 2.46. The Labute approximate surface area is 258 Å². The summed E-state index contributed by atoms with van der Waals surface area (Å²) in [6.07, 6.45) is 37.5. The second-order valence-corrected chi connectivity index (χ2v) is 13.0. The van der Waals surface area contributed by atoms with E-state index in [9.17, 15) is 10.2 Å². The fourth-order valence-corrected chi connectivity index (χ4v) is 4.99. The average Bonchev–Trinajstić information content (AvgIpc) is 3.19. The topological polar surface area (TPSA) is 40.5 Å². The zero-order chi connectivity index (χ0) is 31.8. The Balaban J connectivity index is 2.61. The Morgan fingerprint density at radius 2 is 1.17 bits per heavy atom. The number of hydrogen-bond acceptors (Lipinski definition) is 2. The summed E-state index contributed by atoms with van der Waals surface area (Å²) < 4.78 is 0. The van der Waals surface area contributed by atoms with Gasteiger partial charge in [0, 0.05) is 5.92 Å². The molecule has 0 saturated heterocycles. The molecule has 1 aliphatic rings. The molecule has 0 bridgehead atoms. The third kappa shape index (κ3) is 15.9. The molecular formula is C40H58O2. The summed E-state index contributed by atoms with van der Waals surface area (Å²) in [6, 6.07) is 0. The van der Waals surface area contributed by atoms with E-state index in [0.29, 0.717) is 6.42 Å². The Morgan fingerprint density at radius 1 is 0.714 bits per heavy atom. The van der Waals surface area contributed by atoms with E-state index in [1.54, 1.807) is 0 Å². The van der Waals surface area contributed by atoms with E-state index in [0.717, 1.165) is 30.4 Å². The van der Waals surface area contributed by atoms with Gasteiger partial charge in [-0.2, -0.15) is 0 Å². The summed E-state index contributed by atoms with van der Waals surface area (Å²) in [5, 5.41) is 21.3. The maximum absolute atomic E-state index is 10.8. The third-order valence-electron chi connectivity index (χ3n) is 7.68. The van der Waals surface area contributed by atoms with Crippen molar-refractivity contribution in [2.75, 3.05) is 0 Å². The van der Waals surface area contributed by atoms with Crippen LogP contribution in [-0.4, -0.2) is 21.4 Å². The first-order chi connectivity index (χ1) is 19.6. The summed E-state index contributed by atoms with van der Waals surface area (Å²) in [5.74, 6) is -0.00110. The molecule has 0 spiro atoms. The van der Waals surface area contributed by atoms with E-state index in [2.05, 4.69) is 140 Å². The molecule has 0 aromatic carbocycles. The van der Waals surface area contributed by atoms with Crippen LogP contribution < -0.4 is 0 Å². The lowest BCUT2D eigenvalue weighted by molar-refractivity contribution is -0.0294. The Bertz CT molecular complexity index is 1190. The zero-order valence-electron chi connectivity index (χ0n) is 28.1. The summed E-state index contributed by atoms with van der Waals surface area (Å²) in [4.78, 5) is 0. The van der Waals surface area contributed by atoms with Gasteiger partial charge in [0.15, 0.2) is 0 Å². The van der Waals surface area contributed by atoms with Crippen LogP contribution in [0, 0.1) is 11.8 Å². The van der Waals surface area contributed by atoms with E-state index >= 15 is 0 Å². The summed E-state index contributed by atoms with van der Waals surface area (Å²) in [5.41, 5.74) is 5.88. The SMILES string of the molecule is CC(C)=CCCC(C)=CC=CC(C)=CC=CC(C)=CC=CC=C(C)C=CC=C(C)C=C[C@@H]1[C@@H](C(C)(C)O)CC[C@@]1(C)O. The van der Waals surface area contributed by atoms with E-state index in [-0.39, 0.29) is 11.8 Å². The molecule has 0 heterocycles. The molecule has 2 N–H and O–H groups in total. The van der Waals surface area contributed by atoms with Gasteiger partial charge in [0.2, 0.25) is 0 Å². The van der Waals surface area contributed by atoms with Crippen molar-refractivity contribution in [2.24, 2.45) is 11.8 Å². The van der Waals surface area contributed by atoms with Crippen molar-refractivity contribution in [3.05, 3.63) is 131 Å². The predicted molar refractivity (Wildman–Crippen MR) is 186 cm³/mol. The molecule has 1 fully saturated rings. The van der Waals surface area contributed by atoms with Gasteiger partial charge in [-0.25, -0.2) is 0 Å². The van der Waals surface area contributed by atoms with Crippen LogP contribution in [0.4, 0.5) is 0 Å². The van der Waals surface area contributed by atoms with Gasteiger partial charge in [0.25, 0.3) is 0 Å². The monoisotopic (exact) mass is 570 g/mol. The van der Waals surface area contributed by atoms with Gasteiger partial charge in [0.1, 0.15) is 0 Å². The minimum atomic E-state index is -0.803. The summed E-state index contributed by atoms with van der Waals surface area (Å²) in [6.45, 7) is 20.4. The molecule has 0 radical (unpaired) electrons. The first-order valence-corrected chi connectivity index (χ1v) is 15.4. The Morgan fingerprint density at radius 3 is 1.64 bits per heavy atom. The van der Waals surface area contributed by atoms with Crippen LogP contribution in [-0.2, 0) is 0 Å². The molecule has 1 saturated carbocycles. The van der Waals surface area contributed by atoms with Crippen molar-refractivity contribution in [2.45, 2.75) is 106 Å². The predicted octanol–water partition coefficient (Wildman–Crippen LogP) is 10.8. The van der Waals surface area contributed by atoms with Gasteiger partial charge in [-0.05, 0) is 101 Å². The highest BCUT2D eigenvalue weighted by Gasteiger charge is 2.47. The molecule has 0 aromatic rings. The Hall–Kier alpha value is -2.94. The number of rotatable bonds is 14. The van der Waals surface area contributed by atoms with Crippen molar-refractivity contribution in [1.82, 2.24) is 0 Å². The number of allylic oxidation sites excluding steroid dienone is 21. The lowest BCUT2D eigenvalue weighted by Gasteiger charge is -2.33. The minimum absolute atomic E-state index is 0.0552. The molecule has 0 aromatic heterocycles. The van der Waals surface area contributed by atoms with Gasteiger partial charge in [0.05, 0.1) is 11.2 Å². The highest BCUT2D eigenvalue weighted by molar-refractivity contribution is 5.32. The van der Waals surface area contributed by atoms with Crippen molar-refractivity contribution >= 4 is 0 Å². The van der Waals surface area contributed by atoms with E-state index in [1.807, 2.05) is 26.8 Å². The van der Waals surface area contributed by atoms with Gasteiger partial charge in [-0.1, -0.05) is 131 Å². The smallest absolute Gasteiger partial charge is 0.0686 e. The highest BCUT2D eigenvalue weighted by atomic mass is 16.3. The van der Waals surface area contributed by atoms with Crippen LogP contribution in [0.5, 0.6) is 0 Å². The normalized spacial score (nSPS) is 24.0. The van der Waals surface area contributed by atoms with Crippen LogP contribution in [0.15, 0.2) is 131 Å². The molecule has 3 atom stereocenters. The van der Waals surface area contributed by atoms with Crippen molar-refractivity contribution in [3.63, 3.8) is 0 Å². The maximum atomic E-state index is 10.8. The van der Waals surface area contributed by atoms with Crippen LogP contribution in [0.3, 0.4) is 0 Å². The van der Waals surface area contributed by atoms with Crippen molar-refractivity contribution < 1.29 is 10.2 Å². The largest absolute Gasteiger partial charge is 0.390 e. The van der Waals surface area contributed by atoms with Crippen molar-refractivity contribution in [3.8, 4) is 0 Å². The van der Waals surface area contributed by atoms with E-state index in [1.165, 1.54) is 22.3 Å². The van der Waals surface area contributed by atoms with Crippen LogP contribution in [0.2, 0.25) is 0 Å².